The third kappa shape index (κ3) is 3.52. The number of rotatable bonds is 5. The minimum Gasteiger partial charge on any atom is -0.300 e. The summed E-state index contributed by atoms with van der Waals surface area (Å²) in [6, 6.07) is 10.4. The van der Waals surface area contributed by atoms with Gasteiger partial charge >= 0.3 is 0 Å². The number of thiazole rings is 1. The van der Waals surface area contributed by atoms with Gasteiger partial charge in [-0.15, -0.1) is 0 Å². The summed E-state index contributed by atoms with van der Waals surface area (Å²) in [6.07, 6.45) is 1.86. The predicted molar refractivity (Wildman–Crippen MR) is 71.5 cm³/mol. The van der Waals surface area contributed by atoms with Crippen LogP contribution in [0.4, 0.5) is 5.13 Å². The van der Waals surface area contributed by atoms with Gasteiger partial charge in [0.1, 0.15) is 0 Å². The summed E-state index contributed by atoms with van der Waals surface area (Å²) in [6.45, 7) is 1.82. The Morgan fingerprint density at radius 2 is 2.06 bits per heavy atom. The van der Waals surface area contributed by atoms with E-state index in [9.17, 15) is 0 Å². The topological polar surface area (TPSA) is 54.2 Å². The van der Waals surface area contributed by atoms with Gasteiger partial charge < -0.3 is 0 Å². The molecule has 0 saturated heterocycles. The molecule has 17 heavy (non-hydrogen) atoms. The zero-order valence-corrected chi connectivity index (χ0v) is 10.6. The summed E-state index contributed by atoms with van der Waals surface area (Å²) >= 11 is 1.58. The lowest BCUT2D eigenvalue weighted by atomic mass is 10.2. The molecule has 0 bridgehead atoms. The Balaban J connectivity index is 1.91. The van der Waals surface area contributed by atoms with Crippen molar-refractivity contribution in [2.75, 3.05) is 12.5 Å². The molecule has 5 heteroatoms. The number of nitrogen functional groups attached to an aromatic ring is 1. The molecular weight excluding hydrogens is 232 g/mol. The summed E-state index contributed by atoms with van der Waals surface area (Å²) in [7, 11) is 2.10. The molecule has 0 amide bonds. The molecule has 0 aliphatic carbocycles. The zero-order chi connectivity index (χ0) is 12.1. The number of nitrogens with one attached hydrogen (secondary N) is 1. The van der Waals surface area contributed by atoms with Gasteiger partial charge in [-0.05, 0) is 12.6 Å². The van der Waals surface area contributed by atoms with Crippen LogP contribution in [0.15, 0.2) is 36.5 Å². The fourth-order valence-corrected chi connectivity index (χ4v) is 2.47. The molecule has 1 aromatic carbocycles. The quantitative estimate of drug-likeness (QED) is 0.628. The van der Waals surface area contributed by atoms with Crippen LogP contribution >= 0.6 is 11.3 Å². The number of anilines is 1. The van der Waals surface area contributed by atoms with E-state index in [4.69, 9.17) is 5.84 Å². The number of hydrogen-bond donors (Lipinski definition) is 2. The second kappa shape index (κ2) is 5.77. The largest absolute Gasteiger partial charge is 0.300 e. The van der Waals surface area contributed by atoms with Crippen LogP contribution in [0.1, 0.15) is 10.4 Å². The molecule has 0 fully saturated rings. The Kier molecular flexibility index (Phi) is 4.08. The molecule has 4 nitrogen and oxygen atoms in total. The maximum absolute atomic E-state index is 5.30. The molecular formula is C12H16N4S. The smallest absolute Gasteiger partial charge is 0.197 e. The molecule has 0 atom stereocenters. The SMILES string of the molecule is CN(Cc1ccccc1)Cc1cnc(NN)s1. The number of hydrazine groups is 1. The van der Waals surface area contributed by atoms with Crippen LogP contribution in [0, 0.1) is 0 Å². The van der Waals surface area contributed by atoms with Crippen molar-refractivity contribution in [1.29, 1.82) is 0 Å². The van der Waals surface area contributed by atoms with Crippen LogP contribution in [-0.4, -0.2) is 16.9 Å². The predicted octanol–water partition coefficient (Wildman–Crippen LogP) is 2.06. The van der Waals surface area contributed by atoms with Gasteiger partial charge in [0.05, 0.1) is 0 Å². The normalized spacial score (nSPS) is 10.8. The number of nitrogens with two attached hydrogens (primary N) is 1. The molecule has 0 spiro atoms. The fraction of sp³-hybridized carbons (Fsp3) is 0.250. The molecule has 2 rings (SSSR count). The van der Waals surface area contributed by atoms with Crippen LogP contribution in [0.3, 0.4) is 0 Å². The number of aromatic nitrogens is 1. The van der Waals surface area contributed by atoms with Crippen LogP contribution in [-0.2, 0) is 13.1 Å². The van der Waals surface area contributed by atoms with Gasteiger partial charge in [0.25, 0.3) is 0 Å². The second-order valence-corrected chi connectivity index (χ2v) is 5.05. The van der Waals surface area contributed by atoms with Crippen molar-refractivity contribution >= 4 is 16.5 Å². The molecule has 0 radical (unpaired) electrons. The lowest BCUT2D eigenvalue weighted by Gasteiger charge is -2.15. The first-order valence-corrected chi connectivity index (χ1v) is 6.23. The Morgan fingerprint density at radius 1 is 1.29 bits per heavy atom. The van der Waals surface area contributed by atoms with E-state index in [-0.39, 0.29) is 0 Å². The Hall–Kier alpha value is -1.43. The highest BCUT2D eigenvalue weighted by molar-refractivity contribution is 7.15. The Morgan fingerprint density at radius 3 is 2.71 bits per heavy atom. The van der Waals surface area contributed by atoms with Crippen molar-refractivity contribution < 1.29 is 0 Å². The highest BCUT2D eigenvalue weighted by Gasteiger charge is 2.05. The van der Waals surface area contributed by atoms with E-state index in [0.29, 0.717) is 0 Å². The van der Waals surface area contributed by atoms with Crippen molar-refractivity contribution in [1.82, 2.24) is 9.88 Å². The standard InChI is InChI=1S/C12H16N4S/c1-16(8-10-5-3-2-4-6-10)9-11-7-14-12(15-13)17-11/h2-7H,8-9,13H2,1H3,(H,14,15). The van der Waals surface area contributed by atoms with Crippen molar-refractivity contribution in [3.05, 3.63) is 47.0 Å². The Labute approximate surface area is 105 Å². The second-order valence-electron chi connectivity index (χ2n) is 3.93. The van der Waals surface area contributed by atoms with Gasteiger partial charge in [0.15, 0.2) is 5.13 Å². The maximum atomic E-state index is 5.30. The minimum atomic E-state index is 0.758. The third-order valence-corrected chi connectivity index (χ3v) is 3.31. The van der Waals surface area contributed by atoms with Gasteiger partial charge in [0.2, 0.25) is 0 Å². The highest BCUT2D eigenvalue weighted by atomic mass is 32.1. The van der Waals surface area contributed by atoms with E-state index in [1.807, 2.05) is 12.3 Å². The first-order valence-electron chi connectivity index (χ1n) is 5.41. The molecule has 1 heterocycles. The van der Waals surface area contributed by atoms with E-state index >= 15 is 0 Å². The first-order chi connectivity index (χ1) is 8.28. The monoisotopic (exact) mass is 248 g/mol. The van der Waals surface area contributed by atoms with Gasteiger partial charge in [-0.2, -0.15) is 0 Å². The number of benzene rings is 1. The van der Waals surface area contributed by atoms with Gasteiger partial charge in [-0.25, -0.2) is 10.8 Å². The molecule has 0 aliphatic rings. The molecule has 3 N–H and O–H groups in total. The van der Waals surface area contributed by atoms with Crippen molar-refractivity contribution in [3.63, 3.8) is 0 Å². The van der Waals surface area contributed by atoms with E-state index in [1.165, 1.54) is 10.4 Å². The van der Waals surface area contributed by atoms with Crippen molar-refractivity contribution in [2.45, 2.75) is 13.1 Å². The van der Waals surface area contributed by atoms with E-state index in [1.54, 1.807) is 11.3 Å². The van der Waals surface area contributed by atoms with E-state index < -0.39 is 0 Å². The summed E-state index contributed by atoms with van der Waals surface area (Å²) < 4.78 is 0. The highest BCUT2D eigenvalue weighted by Crippen LogP contribution is 2.18. The fourth-order valence-electron chi connectivity index (χ4n) is 1.66. The summed E-state index contributed by atoms with van der Waals surface area (Å²) in [5.74, 6) is 5.30. The number of hydrogen-bond acceptors (Lipinski definition) is 5. The van der Waals surface area contributed by atoms with Crippen molar-refractivity contribution in [2.24, 2.45) is 5.84 Å². The average Bonchev–Trinajstić information content (AvgIpc) is 2.78. The average molecular weight is 248 g/mol. The Bertz CT molecular complexity index is 455. The summed E-state index contributed by atoms with van der Waals surface area (Å²) in [4.78, 5) is 7.61. The van der Waals surface area contributed by atoms with E-state index in [2.05, 4.69) is 46.6 Å². The first kappa shape index (κ1) is 12.0. The van der Waals surface area contributed by atoms with Gasteiger partial charge in [-0.3, -0.25) is 10.3 Å². The summed E-state index contributed by atoms with van der Waals surface area (Å²) in [5.41, 5.74) is 3.88. The zero-order valence-electron chi connectivity index (χ0n) is 9.76. The molecule has 2 aromatic rings. The lowest BCUT2D eigenvalue weighted by molar-refractivity contribution is 0.322. The van der Waals surface area contributed by atoms with Crippen molar-refractivity contribution in [3.8, 4) is 0 Å². The third-order valence-electron chi connectivity index (χ3n) is 2.40. The van der Waals surface area contributed by atoms with Gasteiger partial charge in [0, 0.05) is 24.2 Å². The molecule has 1 aromatic heterocycles. The van der Waals surface area contributed by atoms with Gasteiger partial charge in [-0.1, -0.05) is 41.7 Å². The molecule has 0 aliphatic heterocycles. The molecule has 0 saturated carbocycles. The van der Waals surface area contributed by atoms with Crippen LogP contribution < -0.4 is 11.3 Å². The lowest BCUT2D eigenvalue weighted by Crippen LogP contribution is -2.16. The minimum absolute atomic E-state index is 0.758. The summed E-state index contributed by atoms with van der Waals surface area (Å²) in [5, 5.41) is 0.758. The molecule has 0 unspecified atom stereocenters. The van der Waals surface area contributed by atoms with Crippen LogP contribution in [0.5, 0.6) is 0 Å². The van der Waals surface area contributed by atoms with E-state index in [0.717, 1.165) is 18.2 Å². The van der Waals surface area contributed by atoms with Crippen LogP contribution in [0.25, 0.3) is 0 Å². The maximum Gasteiger partial charge on any atom is 0.197 e. The number of nitrogens with zero attached hydrogens (tertiary/aromatic N) is 2. The molecule has 90 valence electrons. The van der Waals surface area contributed by atoms with Crippen LogP contribution in [0.2, 0.25) is 0 Å².